The minimum atomic E-state index is -1.77. The van der Waals surface area contributed by atoms with Crippen molar-refractivity contribution in [2.75, 3.05) is 5.32 Å². The Balaban J connectivity index is 2.64. The highest BCUT2D eigenvalue weighted by atomic mass is 35.6. The van der Waals surface area contributed by atoms with Gasteiger partial charge in [-0.1, -0.05) is 78.3 Å². The Bertz CT molecular complexity index is 566. The van der Waals surface area contributed by atoms with Crippen LogP contribution in [0.15, 0.2) is 24.3 Å². The van der Waals surface area contributed by atoms with Crippen molar-refractivity contribution in [1.82, 2.24) is 10.6 Å². The van der Waals surface area contributed by atoms with Crippen LogP contribution in [0.1, 0.15) is 32.6 Å². The molecule has 0 saturated heterocycles. The normalized spacial score (nSPS) is 12.4. The number of thiocarbonyl (C=S) groups is 1. The highest BCUT2D eigenvalue weighted by Crippen LogP contribution is 2.29. The number of halogens is 4. The third kappa shape index (κ3) is 8.08. The number of anilines is 1. The molecule has 0 aliphatic carbocycles. The number of carbonyl (C=O) groups is 1. The maximum atomic E-state index is 12.0. The number of hydrogen-bond acceptors (Lipinski definition) is 2. The molecule has 9 heteroatoms. The molecule has 3 N–H and O–H groups in total. The van der Waals surface area contributed by atoms with Crippen LogP contribution in [0.2, 0.25) is 5.02 Å². The van der Waals surface area contributed by atoms with Crippen LogP contribution in [0, 0.1) is 0 Å². The number of alkyl halides is 3. The van der Waals surface area contributed by atoms with Crippen LogP contribution in [0.25, 0.3) is 0 Å². The molecule has 0 aliphatic heterocycles. The molecule has 0 saturated carbocycles. The number of para-hydroxylation sites is 1. The van der Waals surface area contributed by atoms with Crippen molar-refractivity contribution < 1.29 is 4.79 Å². The SMILES string of the molecule is CCCCCC(=O)N[C@H](NC(=S)Nc1ccccc1Cl)C(Cl)(Cl)Cl. The van der Waals surface area contributed by atoms with Crippen LogP contribution < -0.4 is 16.0 Å². The Morgan fingerprint density at radius 1 is 1.21 bits per heavy atom. The molecule has 24 heavy (non-hydrogen) atoms. The van der Waals surface area contributed by atoms with E-state index in [0.29, 0.717) is 17.1 Å². The first-order valence-electron chi connectivity index (χ1n) is 7.42. The summed E-state index contributed by atoms with van der Waals surface area (Å²) >= 11 is 29.0. The Morgan fingerprint density at radius 3 is 2.46 bits per heavy atom. The van der Waals surface area contributed by atoms with Crippen LogP contribution in [0.3, 0.4) is 0 Å². The first-order chi connectivity index (χ1) is 11.2. The molecule has 0 radical (unpaired) electrons. The molecular formula is C15H19Cl4N3OS. The van der Waals surface area contributed by atoms with Crippen molar-refractivity contribution in [3.63, 3.8) is 0 Å². The van der Waals surface area contributed by atoms with Gasteiger partial charge in [0.05, 0.1) is 10.7 Å². The van der Waals surface area contributed by atoms with Gasteiger partial charge in [0.15, 0.2) is 5.11 Å². The van der Waals surface area contributed by atoms with Crippen molar-refractivity contribution in [2.45, 2.75) is 42.6 Å². The molecule has 0 unspecified atom stereocenters. The zero-order valence-electron chi connectivity index (χ0n) is 13.0. The number of carbonyl (C=O) groups excluding carboxylic acids is 1. The molecule has 1 aromatic rings. The summed E-state index contributed by atoms with van der Waals surface area (Å²) in [5.74, 6) is -0.215. The van der Waals surface area contributed by atoms with E-state index in [9.17, 15) is 4.79 Å². The predicted molar refractivity (Wildman–Crippen MR) is 107 cm³/mol. The second kappa shape index (κ2) is 10.5. The Labute approximate surface area is 167 Å². The summed E-state index contributed by atoms with van der Waals surface area (Å²) in [5, 5.41) is 9.00. The predicted octanol–water partition coefficient (Wildman–Crippen LogP) is 5.02. The fourth-order valence-corrected chi connectivity index (χ4v) is 2.56. The highest BCUT2D eigenvalue weighted by molar-refractivity contribution is 7.80. The van der Waals surface area contributed by atoms with Crippen molar-refractivity contribution in [3.05, 3.63) is 29.3 Å². The third-order valence-corrected chi connectivity index (χ3v) is 4.24. The second-order valence-electron chi connectivity index (χ2n) is 5.08. The van der Waals surface area contributed by atoms with E-state index in [2.05, 4.69) is 22.9 Å². The van der Waals surface area contributed by atoms with Gasteiger partial charge in [0.1, 0.15) is 6.17 Å². The van der Waals surface area contributed by atoms with Gasteiger partial charge in [-0.25, -0.2) is 0 Å². The van der Waals surface area contributed by atoms with Gasteiger partial charge in [-0.3, -0.25) is 4.79 Å². The lowest BCUT2D eigenvalue weighted by Crippen LogP contribution is -2.56. The van der Waals surface area contributed by atoms with Crippen LogP contribution in [-0.2, 0) is 4.79 Å². The monoisotopic (exact) mass is 429 g/mol. The van der Waals surface area contributed by atoms with Crippen molar-refractivity contribution in [1.29, 1.82) is 0 Å². The van der Waals surface area contributed by atoms with Gasteiger partial charge >= 0.3 is 0 Å². The van der Waals surface area contributed by atoms with Crippen molar-refractivity contribution >= 4 is 75.3 Å². The van der Waals surface area contributed by atoms with Gasteiger partial charge in [0.2, 0.25) is 9.70 Å². The average Bonchev–Trinajstić information content (AvgIpc) is 2.48. The number of rotatable bonds is 7. The lowest BCUT2D eigenvalue weighted by Gasteiger charge is -2.28. The highest BCUT2D eigenvalue weighted by Gasteiger charge is 2.34. The fourth-order valence-electron chi connectivity index (χ4n) is 1.82. The van der Waals surface area contributed by atoms with E-state index in [1.165, 1.54) is 0 Å². The van der Waals surface area contributed by atoms with Crippen LogP contribution in [-0.4, -0.2) is 21.0 Å². The smallest absolute Gasteiger partial charge is 0.228 e. The van der Waals surface area contributed by atoms with Gasteiger partial charge in [-0.05, 0) is 30.8 Å². The van der Waals surface area contributed by atoms with Crippen LogP contribution >= 0.6 is 58.6 Å². The molecule has 0 aromatic heterocycles. The number of hydrogen-bond donors (Lipinski definition) is 3. The summed E-state index contributed by atoms with van der Waals surface area (Å²) in [7, 11) is 0. The molecule has 4 nitrogen and oxygen atoms in total. The topological polar surface area (TPSA) is 53.2 Å². The standard InChI is InChI=1S/C15H19Cl4N3OS/c1-2-3-4-9-12(23)21-13(15(17,18)19)22-14(24)20-11-8-6-5-7-10(11)16/h5-8,13H,2-4,9H2,1H3,(H,21,23)(H2,20,22,24)/t13-/m1/s1. The van der Waals surface area contributed by atoms with E-state index in [0.717, 1.165) is 19.3 Å². The largest absolute Gasteiger partial charge is 0.339 e. The zero-order valence-corrected chi connectivity index (χ0v) is 16.9. The van der Waals surface area contributed by atoms with E-state index >= 15 is 0 Å². The molecule has 1 atom stereocenters. The van der Waals surface area contributed by atoms with Gasteiger partial charge in [-0.15, -0.1) is 0 Å². The summed E-state index contributed by atoms with van der Waals surface area (Å²) in [5.41, 5.74) is 0.606. The molecule has 1 rings (SSSR count). The lowest BCUT2D eigenvalue weighted by molar-refractivity contribution is -0.122. The van der Waals surface area contributed by atoms with Gasteiger partial charge < -0.3 is 16.0 Å². The summed E-state index contributed by atoms with van der Waals surface area (Å²) in [6.07, 6.45) is 2.14. The summed E-state index contributed by atoms with van der Waals surface area (Å²) in [4.78, 5) is 12.0. The molecule has 1 amide bonds. The molecular weight excluding hydrogens is 412 g/mol. The molecule has 0 heterocycles. The summed E-state index contributed by atoms with van der Waals surface area (Å²) in [6.45, 7) is 2.06. The van der Waals surface area contributed by atoms with E-state index in [1.807, 2.05) is 0 Å². The summed E-state index contributed by atoms with van der Waals surface area (Å²) < 4.78 is -1.77. The van der Waals surface area contributed by atoms with Crippen molar-refractivity contribution in [2.24, 2.45) is 0 Å². The summed E-state index contributed by atoms with van der Waals surface area (Å²) in [6, 6.07) is 7.07. The molecule has 1 aromatic carbocycles. The van der Waals surface area contributed by atoms with Crippen molar-refractivity contribution in [3.8, 4) is 0 Å². The first-order valence-corrected chi connectivity index (χ1v) is 9.34. The second-order valence-corrected chi connectivity index (χ2v) is 8.26. The van der Waals surface area contributed by atoms with Crippen LogP contribution in [0.4, 0.5) is 5.69 Å². The number of amides is 1. The molecule has 0 aliphatic rings. The van der Waals surface area contributed by atoms with E-state index < -0.39 is 9.96 Å². The minimum absolute atomic E-state index is 0.174. The Morgan fingerprint density at radius 2 is 1.88 bits per heavy atom. The van der Waals surface area contributed by atoms with E-state index in [4.69, 9.17) is 58.6 Å². The van der Waals surface area contributed by atoms with Gasteiger partial charge in [0, 0.05) is 6.42 Å². The maximum absolute atomic E-state index is 12.0. The maximum Gasteiger partial charge on any atom is 0.228 e. The van der Waals surface area contributed by atoms with E-state index in [-0.39, 0.29) is 11.0 Å². The molecule has 134 valence electrons. The zero-order chi connectivity index (χ0) is 18.2. The van der Waals surface area contributed by atoms with Gasteiger partial charge in [-0.2, -0.15) is 0 Å². The first kappa shape index (κ1) is 21.6. The third-order valence-electron chi connectivity index (χ3n) is 3.04. The molecule has 0 fully saturated rings. The van der Waals surface area contributed by atoms with Gasteiger partial charge in [0.25, 0.3) is 0 Å². The Hall–Kier alpha value is -0.460. The minimum Gasteiger partial charge on any atom is -0.339 e. The lowest BCUT2D eigenvalue weighted by atomic mass is 10.2. The number of unbranched alkanes of at least 4 members (excludes halogenated alkanes) is 2. The molecule has 0 spiro atoms. The quantitative estimate of drug-likeness (QED) is 0.246. The Kier molecular flexibility index (Phi) is 9.45. The fraction of sp³-hybridized carbons (Fsp3) is 0.467. The average molecular weight is 431 g/mol. The molecule has 0 bridgehead atoms. The van der Waals surface area contributed by atoms with E-state index in [1.54, 1.807) is 24.3 Å². The van der Waals surface area contributed by atoms with Crippen LogP contribution in [0.5, 0.6) is 0 Å². The number of benzene rings is 1. The number of nitrogens with one attached hydrogen (secondary N) is 3.